The summed E-state index contributed by atoms with van der Waals surface area (Å²) >= 11 is 0. The minimum Gasteiger partial charge on any atom is -0.345 e. The van der Waals surface area contributed by atoms with Crippen molar-refractivity contribution in [1.82, 2.24) is 14.9 Å². The number of aryl methyl sites for hydroxylation is 1. The van der Waals surface area contributed by atoms with E-state index < -0.39 is 0 Å². The molecular formula is C18H18N4. The van der Waals surface area contributed by atoms with Gasteiger partial charge in [0.25, 0.3) is 0 Å². The second kappa shape index (κ2) is 5.63. The number of benzene rings is 1. The number of fused-ring (bicyclic) bond motifs is 1. The lowest BCUT2D eigenvalue weighted by Crippen LogP contribution is -2.11. The van der Waals surface area contributed by atoms with Crippen molar-refractivity contribution in [3.05, 3.63) is 53.3 Å². The number of nitrogens with zero attached hydrogens (tertiary/aromatic N) is 3. The number of nitrogens with one attached hydrogen (secondary N) is 1. The van der Waals surface area contributed by atoms with E-state index in [1.54, 1.807) is 12.4 Å². The van der Waals surface area contributed by atoms with Gasteiger partial charge in [0.2, 0.25) is 0 Å². The summed E-state index contributed by atoms with van der Waals surface area (Å²) in [6.07, 6.45) is 3.49. The maximum atomic E-state index is 9.29. The number of hydrogen-bond donors (Lipinski definition) is 1. The van der Waals surface area contributed by atoms with Crippen molar-refractivity contribution in [3.8, 4) is 17.2 Å². The molecule has 0 fully saturated rings. The average Bonchev–Trinajstić information content (AvgIpc) is 2.92. The zero-order valence-corrected chi connectivity index (χ0v) is 13.0. The monoisotopic (exact) mass is 290 g/mol. The summed E-state index contributed by atoms with van der Waals surface area (Å²) in [4.78, 5) is 9.52. The van der Waals surface area contributed by atoms with Gasteiger partial charge in [-0.15, -0.1) is 0 Å². The lowest BCUT2D eigenvalue weighted by atomic mass is 9.97. The fraction of sp³-hybridized carbons (Fsp3) is 0.222. The molecule has 4 heteroatoms. The molecule has 0 aliphatic heterocycles. The molecule has 0 aliphatic rings. The van der Waals surface area contributed by atoms with Crippen molar-refractivity contribution >= 4 is 11.0 Å². The molecule has 0 radical (unpaired) electrons. The molecule has 0 amide bonds. The Hall–Kier alpha value is -2.64. The van der Waals surface area contributed by atoms with E-state index in [2.05, 4.69) is 60.2 Å². The lowest BCUT2D eigenvalue weighted by Gasteiger charge is -2.14. The summed E-state index contributed by atoms with van der Waals surface area (Å²) in [6.45, 7) is 3.05. The van der Waals surface area contributed by atoms with Gasteiger partial charge >= 0.3 is 0 Å². The van der Waals surface area contributed by atoms with Crippen LogP contribution in [0.15, 0.2) is 36.7 Å². The Morgan fingerprint density at radius 2 is 2.09 bits per heavy atom. The van der Waals surface area contributed by atoms with Gasteiger partial charge in [-0.2, -0.15) is 5.26 Å². The van der Waals surface area contributed by atoms with Gasteiger partial charge in [-0.25, -0.2) is 4.98 Å². The maximum absolute atomic E-state index is 9.29. The Balaban J connectivity index is 2.14. The largest absolute Gasteiger partial charge is 0.345 e. The Labute approximate surface area is 130 Å². The summed E-state index contributed by atoms with van der Waals surface area (Å²) in [5, 5.41) is 10.2. The van der Waals surface area contributed by atoms with Crippen LogP contribution in [0.3, 0.4) is 0 Å². The van der Waals surface area contributed by atoms with Gasteiger partial charge < -0.3 is 9.88 Å². The standard InChI is InChI=1S/C18H18N4/c1-12-8-13(4-5-14(12)11-22(2)3)16-6-7-20-18-17(16)15(9-19)10-21-18/h4-8,10H,11H2,1-3H3,(H,20,21). The molecule has 110 valence electrons. The lowest BCUT2D eigenvalue weighted by molar-refractivity contribution is 0.401. The predicted octanol–water partition coefficient (Wildman–Crippen LogP) is 3.47. The van der Waals surface area contributed by atoms with Crippen LogP contribution in [-0.2, 0) is 6.54 Å². The van der Waals surface area contributed by atoms with Crippen LogP contribution in [0.25, 0.3) is 22.2 Å². The van der Waals surface area contributed by atoms with E-state index in [1.807, 2.05) is 6.07 Å². The number of H-pyrrole nitrogens is 1. The van der Waals surface area contributed by atoms with Crippen molar-refractivity contribution in [3.63, 3.8) is 0 Å². The number of rotatable bonds is 3. The molecule has 0 unspecified atom stereocenters. The summed E-state index contributed by atoms with van der Waals surface area (Å²) in [5.74, 6) is 0. The van der Waals surface area contributed by atoms with E-state index in [-0.39, 0.29) is 0 Å². The number of aromatic amines is 1. The number of aromatic nitrogens is 2. The van der Waals surface area contributed by atoms with Crippen LogP contribution >= 0.6 is 0 Å². The Morgan fingerprint density at radius 3 is 2.77 bits per heavy atom. The molecule has 2 heterocycles. The van der Waals surface area contributed by atoms with Crippen LogP contribution in [0.1, 0.15) is 16.7 Å². The van der Waals surface area contributed by atoms with Crippen LogP contribution in [0.2, 0.25) is 0 Å². The minimum atomic E-state index is 0.633. The van der Waals surface area contributed by atoms with Crippen molar-refractivity contribution in [2.24, 2.45) is 0 Å². The molecule has 0 atom stereocenters. The topological polar surface area (TPSA) is 55.7 Å². The van der Waals surface area contributed by atoms with E-state index in [4.69, 9.17) is 0 Å². The zero-order valence-electron chi connectivity index (χ0n) is 13.0. The van der Waals surface area contributed by atoms with Gasteiger partial charge in [0.1, 0.15) is 11.7 Å². The van der Waals surface area contributed by atoms with Crippen LogP contribution in [0.5, 0.6) is 0 Å². The smallest absolute Gasteiger partial charge is 0.139 e. The quantitative estimate of drug-likeness (QED) is 0.803. The normalized spacial score (nSPS) is 11.0. The minimum absolute atomic E-state index is 0.633. The third-order valence-electron chi connectivity index (χ3n) is 3.83. The van der Waals surface area contributed by atoms with Gasteiger partial charge in [-0.3, -0.25) is 0 Å². The first-order valence-electron chi connectivity index (χ1n) is 7.21. The van der Waals surface area contributed by atoms with Crippen molar-refractivity contribution in [2.45, 2.75) is 13.5 Å². The van der Waals surface area contributed by atoms with E-state index in [1.165, 1.54) is 11.1 Å². The molecule has 3 rings (SSSR count). The number of pyridine rings is 1. The van der Waals surface area contributed by atoms with Crippen LogP contribution < -0.4 is 0 Å². The van der Waals surface area contributed by atoms with Gasteiger partial charge in [-0.05, 0) is 49.3 Å². The predicted molar refractivity (Wildman–Crippen MR) is 88.4 cm³/mol. The Morgan fingerprint density at radius 1 is 1.27 bits per heavy atom. The van der Waals surface area contributed by atoms with Crippen LogP contribution in [0, 0.1) is 18.3 Å². The summed E-state index contributed by atoms with van der Waals surface area (Å²) < 4.78 is 0. The molecular weight excluding hydrogens is 272 g/mol. The van der Waals surface area contributed by atoms with Crippen LogP contribution in [-0.4, -0.2) is 29.0 Å². The summed E-state index contributed by atoms with van der Waals surface area (Å²) in [5.41, 5.74) is 6.11. The highest BCUT2D eigenvalue weighted by molar-refractivity contribution is 5.97. The van der Waals surface area contributed by atoms with E-state index >= 15 is 0 Å². The maximum Gasteiger partial charge on any atom is 0.139 e. The highest BCUT2D eigenvalue weighted by Gasteiger charge is 2.12. The number of nitriles is 1. The fourth-order valence-electron chi connectivity index (χ4n) is 2.77. The molecule has 0 bridgehead atoms. The summed E-state index contributed by atoms with van der Waals surface area (Å²) in [6, 6.07) is 10.7. The second-order valence-corrected chi connectivity index (χ2v) is 5.78. The fourth-order valence-corrected chi connectivity index (χ4v) is 2.77. The second-order valence-electron chi connectivity index (χ2n) is 5.78. The zero-order chi connectivity index (χ0) is 15.7. The molecule has 22 heavy (non-hydrogen) atoms. The molecule has 4 nitrogen and oxygen atoms in total. The molecule has 1 N–H and O–H groups in total. The van der Waals surface area contributed by atoms with E-state index in [0.717, 1.165) is 28.7 Å². The van der Waals surface area contributed by atoms with Gasteiger partial charge in [0.05, 0.1) is 5.56 Å². The highest BCUT2D eigenvalue weighted by Crippen LogP contribution is 2.31. The molecule has 0 saturated carbocycles. The first-order valence-corrected chi connectivity index (χ1v) is 7.21. The van der Waals surface area contributed by atoms with Crippen molar-refractivity contribution in [1.29, 1.82) is 5.26 Å². The first kappa shape index (κ1) is 14.3. The highest BCUT2D eigenvalue weighted by atomic mass is 15.0. The molecule has 1 aromatic carbocycles. The van der Waals surface area contributed by atoms with Gasteiger partial charge in [-0.1, -0.05) is 18.2 Å². The van der Waals surface area contributed by atoms with Gasteiger partial charge in [0.15, 0.2) is 0 Å². The Bertz CT molecular complexity index is 868. The number of hydrogen-bond acceptors (Lipinski definition) is 3. The third kappa shape index (κ3) is 2.47. The summed E-state index contributed by atoms with van der Waals surface area (Å²) in [7, 11) is 4.14. The third-order valence-corrected chi connectivity index (χ3v) is 3.83. The van der Waals surface area contributed by atoms with Gasteiger partial charge in [0, 0.05) is 24.3 Å². The first-order chi connectivity index (χ1) is 10.6. The van der Waals surface area contributed by atoms with Crippen molar-refractivity contribution < 1.29 is 0 Å². The van der Waals surface area contributed by atoms with Crippen molar-refractivity contribution in [2.75, 3.05) is 14.1 Å². The SMILES string of the molecule is Cc1cc(-c2ccnc3[nH]cc(C#N)c23)ccc1CN(C)C. The van der Waals surface area contributed by atoms with E-state index in [0.29, 0.717) is 5.56 Å². The Kier molecular flexibility index (Phi) is 3.66. The molecule has 3 aromatic rings. The average molecular weight is 290 g/mol. The van der Waals surface area contributed by atoms with Crippen LogP contribution in [0.4, 0.5) is 0 Å². The molecule has 0 saturated heterocycles. The molecule has 0 aliphatic carbocycles. The van der Waals surface area contributed by atoms with E-state index in [9.17, 15) is 5.26 Å². The molecule has 0 spiro atoms. The molecule has 2 aromatic heterocycles.